The lowest BCUT2D eigenvalue weighted by molar-refractivity contribution is -0.136. The third-order valence-electron chi connectivity index (χ3n) is 5.18. The number of benzene rings is 2. The Labute approximate surface area is 157 Å². The molecule has 3 atom stereocenters. The van der Waals surface area contributed by atoms with Crippen molar-refractivity contribution in [3.05, 3.63) is 78.0 Å². The fourth-order valence-corrected chi connectivity index (χ4v) is 3.90. The molecule has 27 heavy (non-hydrogen) atoms. The van der Waals surface area contributed by atoms with Gasteiger partial charge in [-0.15, -0.1) is 0 Å². The van der Waals surface area contributed by atoms with Gasteiger partial charge in [0.1, 0.15) is 5.78 Å². The van der Waals surface area contributed by atoms with E-state index in [1.54, 1.807) is 12.1 Å². The number of fused-ring (bicyclic) bond motifs is 1. The maximum Gasteiger partial charge on any atom is 0.229 e. The van der Waals surface area contributed by atoms with Gasteiger partial charge in [0.2, 0.25) is 11.8 Å². The lowest BCUT2D eigenvalue weighted by Gasteiger charge is -2.36. The van der Waals surface area contributed by atoms with Crippen LogP contribution < -0.4 is 10.6 Å². The van der Waals surface area contributed by atoms with E-state index in [1.165, 1.54) is 0 Å². The standard InChI is InChI=1S/C22H20N2O3/c25-19-12-15(14-7-3-1-4-8-14)11-18-21(19)17(13-20(26)24-18)22(27)23-16-9-5-2-6-10-16/h1-11,15,17,21H,12-13H2,(H,23,27)(H,24,26)/t15-,17-,21-/m1/s1. The third kappa shape index (κ3) is 3.53. The first-order chi connectivity index (χ1) is 13.1. The Morgan fingerprint density at radius 3 is 2.30 bits per heavy atom. The van der Waals surface area contributed by atoms with Gasteiger partial charge in [0.15, 0.2) is 0 Å². The van der Waals surface area contributed by atoms with Gasteiger partial charge in [-0.25, -0.2) is 0 Å². The molecule has 2 aliphatic rings. The number of carbonyl (C=O) groups is 3. The first-order valence-electron chi connectivity index (χ1n) is 9.07. The molecule has 2 N–H and O–H groups in total. The number of anilines is 1. The van der Waals surface area contributed by atoms with Gasteiger partial charge in [0, 0.05) is 30.1 Å². The van der Waals surface area contributed by atoms with E-state index in [1.807, 2.05) is 54.6 Å². The average Bonchev–Trinajstić information content (AvgIpc) is 2.68. The Bertz CT molecular complexity index is 906. The Morgan fingerprint density at radius 1 is 0.926 bits per heavy atom. The fraction of sp³-hybridized carbons (Fsp3) is 0.227. The van der Waals surface area contributed by atoms with E-state index in [4.69, 9.17) is 0 Å². The summed E-state index contributed by atoms with van der Waals surface area (Å²) >= 11 is 0. The summed E-state index contributed by atoms with van der Waals surface area (Å²) in [6.07, 6.45) is 2.28. The molecule has 2 amide bonds. The summed E-state index contributed by atoms with van der Waals surface area (Å²) in [5.74, 6) is -1.89. The van der Waals surface area contributed by atoms with Crippen LogP contribution >= 0.6 is 0 Å². The molecule has 0 saturated carbocycles. The molecule has 2 aromatic rings. The molecule has 4 rings (SSSR count). The van der Waals surface area contributed by atoms with Gasteiger partial charge in [0.25, 0.3) is 0 Å². The van der Waals surface area contributed by atoms with E-state index in [-0.39, 0.29) is 29.9 Å². The Balaban J connectivity index is 1.61. The molecule has 0 unspecified atom stereocenters. The molecule has 1 fully saturated rings. The monoisotopic (exact) mass is 360 g/mol. The van der Waals surface area contributed by atoms with Gasteiger partial charge in [-0.05, 0) is 17.7 Å². The van der Waals surface area contributed by atoms with Crippen LogP contribution in [0.15, 0.2) is 72.4 Å². The van der Waals surface area contributed by atoms with E-state index in [0.717, 1.165) is 5.56 Å². The zero-order chi connectivity index (χ0) is 18.8. The molecular weight excluding hydrogens is 340 g/mol. The Hall–Kier alpha value is -3.21. The van der Waals surface area contributed by atoms with Gasteiger partial charge < -0.3 is 10.6 Å². The van der Waals surface area contributed by atoms with Crippen LogP contribution in [0.2, 0.25) is 0 Å². The second kappa shape index (κ2) is 7.19. The number of piperidine rings is 1. The van der Waals surface area contributed by atoms with Crippen molar-refractivity contribution >= 4 is 23.3 Å². The first-order valence-corrected chi connectivity index (χ1v) is 9.07. The van der Waals surface area contributed by atoms with E-state index >= 15 is 0 Å². The van der Waals surface area contributed by atoms with Gasteiger partial charge >= 0.3 is 0 Å². The van der Waals surface area contributed by atoms with Crippen molar-refractivity contribution < 1.29 is 14.4 Å². The molecule has 5 heteroatoms. The number of allylic oxidation sites excluding steroid dienone is 2. The average molecular weight is 360 g/mol. The van der Waals surface area contributed by atoms with Crippen LogP contribution in [0.1, 0.15) is 24.3 Å². The van der Waals surface area contributed by atoms with Gasteiger partial charge in [-0.3, -0.25) is 14.4 Å². The summed E-state index contributed by atoms with van der Waals surface area (Å²) in [6, 6.07) is 18.8. The summed E-state index contributed by atoms with van der Waals surface area (Å²) in [5.41, 5.74) is 2.25. The minimum Gasteiger partial charge on any atom is -0.329 e. The predicted octanol–water partition coefficient (Wildman–Crippen LogP) is 3.02. The minimum atomic E-state index is -0.686. The summed E-state index contributed by atoms with van der Waals surface area (Å²) in [5, 5.41) is 5.65. The lowest BCUT2D eigenvalue weighted by atomic mass is 9.72. The van der Waals surface area contributed by atoms with Crippen molar-refractivity contribution in [1.29, 1.82) is 0 Å². The van der Waals surface area contributed by atoms with E-state index in [0.29, 0.717) is 17.8 Å². The highest BCUT2D eigenvalue weighted by Crippen LogP contribution is 2.38. The van der Waals surface area contributed by atoms with Crippen LogP contribution in [-0.4, -0.2) is 17.6 Å². The number of hydrogen-bond donors (Lipinski definition) is 2. The van der Waals surface area contributed by atoms with Crippen molar-refractivity contribution in [1.82, 2.24) is 5.32 Å². The van der Waals surface area contributed by atoms with Crippen LogP contribution in [0.5, 0.6) is 0 Å². The zero-order valence-electron chi connectivity index (χ0n) is 14.7. The van der Waals surface area contributed by atoms with E-state index < -0.39 is 11.8 Å². The molecular formula is C22H20N2O3. The smallest absolute Gasteiger partial charge is 0.229 e. The predicted molar refractivity (Wildman–Crippen MR) is 102 cm³/mol. The van der Waals surface area contributed by atoms with Crippen LogP contribution in [0, 0.1) is 11.8 Å². The molecule has 5 nitrogen and oxygen atoms in total. The number of carbonyl (C=O) groups excluding carboxylic acids is 3. The zero-order valence-corrected chi connectivity index (χ0v) is 14.7. The van der Waals surface area contributed by atoms with Crippen molar-refractivity contribution in [2.75, 3.05) is 5.32 Å². The number of ketones is 1. The Morgan fingerprint density at radius 2 is 1.59 bits per heavy atom. The lowest BCUT2D eigenvalue weighted by Crippen LogP contribution is -2.48. The highest BCUT2D eigenvalue weighted by atomic mass is 16.2. The van der Waals surface area contributed by atoms with Gasteiger partial charge in [-0.2, -0.15) is 0 Å². The Kier molecular flexibility index (Phi) is 4.59. The SMILES string of the molecule is O=C1C[C@@H](C(=O)Nc2ccccc2)[C@H]2C(=O)C[C@H](c3ccccc3)C=C2N1. The molecule has 0 spiro atoms. The maximum atomic E-state index is 12.9. The number of para-hydroxylation sites is 1. The van der Waals surface area contributed by atoms with Crippen LogP contribution in [0.25, 0.3) is 0 Å². The van der Waals surface area contributed by atoms with Gasteiger partial charge in [0.05, 0.1) is 11.8 Å². The maximum absolute atomic E-state index is 12.9. The van der Waals surface area contributed by atoms with Crippen LogP contribution in [0.3, 0.4) is 0 Å². The van der Waals surface area contributed by atoms with Gasteiger partial charge in [-0.1, -0.05) is 54.6 Å². The third-order valence-corrected chi connectivity index (χ3v) is 5.18. The van der Waals surface area contributed by atoms with E-state index in [2.05, 4.69) is 10.6 Å². The van der Waals surface area contributed by atoms with Crippen molar-refractivity contribution in [3.63, 3.8) is 0 Å². The molecule has 1 heterocycles. The minimum absolute atomic E-state index is 0.00503. The second-order valence-corrected chi connectivity index (χ2v) is 7.00. The van der Waals surface area contributed by atoms with Crippen molar-refractivity contribution in [2.24, 2.45) is 11.8 Å². The van der Waals surface area contributed by atoms with Crippen molar-refractivity contribution in [3.8, 4) is 0 Å². The summed E-state index contributed by atoms with van der Waals surface area (Å²) in [4.78, 5) is 37.9. The number of nitrogens with one attached hydrogen (secondary N) is 2. The topological polar surface area (TPSA) is 75.3 Å². The largest absolute Gasteiger partial charge is 0.329 e. The highest BCUT2D eigenvalue weighted by Gasteiger charge is 2.44. The number of Topliss-reactive ketones (excluding diaryl/α,β-unsaturated/α-hetero) is 1. The molecule has 0 bridgehead atoms. The quantitative estimate of drug-likeness (QED) is 0.883. The molecule has 0 radical (unpaired) electrons. The molecule has 2 aromatic carbocycles. The van der Waals surface area contributed by atoms with Crippen LogP contribution in [0.4, 0.5) is 5.69 Å². The molecule has 1 aliphatic heterocycles. The molecule has 1 aliphatic carbocycles. The molecule has 136 valence electrons. The first kappa shape index (κ1) is 17.2. The number of rotatable bonds is 3. The fourth-order valence-electron chi connectivity index (χ4n) is 3.90. The number of amides is 2. The molecule has 1 saturated heterocycles. The van der Waals surface area contributed by atoms with Crippen LogP contribution in [-0.2, 0) is 14.4 Å². The highest BCUT2D eigenvalue weighted by molar-refractivity contribution is 6.02. The molecule has 0 aromatic heterocycles. The van der Waals surface area contributed by atoms with E-state index in [9.17, 15) is 14.4 Å². The second-order valence-electron chi connectivity index (χ2n) is 7.00. The summed E-state index contributed by atoms with van der Waals surface area (Å²) < 4.78 is 0. The normalized spacial score (nSPS) is 24.4. The number of hydrogen-bond acceptors (Lipinski definition) is 3. The summed E-state index contributed by atoms with van der Waals surface area (Å²) in [6.45, 7) is 0. The van der Waals surface area contributed by atoms with Crippen molar-refractivity contribution in [2.45, 2.75) is 18.8 Å². The summed E-state index contributed by atoms with van der Waals surface area (Å²) in [7, 11) is 0.